The van der Waals surface area contributed by atoms with E-state index in [-0.39, 0.29) is 6.04 Å². The van der Waals surface area contributed by atoms with Gasteiger partial charge in [-0.2, -0.15) is 0 Å². The van der Waals surface area contributed by atoms with Crippen LogP contribution in [0.1, 0.15) is 26.1 Å². The van der Waals surface area contributed by atoms with E-state index in [9.17, 15) is 0 Å². The van der Waals surface area contributed by atoms with Gasteiger partial charge in [0.25, 0.3) is 0 Å². The van der Waals surface area contributed by atoms with Gasteiger partial charge >= 0.3 is 0 Å². The van der Waals surface area contributed by atoms with Crippen molar-refractivity contribution in [2.45, 2.75) is 33.2 Å². The fourth-order valence-electron chi connectivity index (χ4n) is 1.27. The van der Waals surface area contributed by atoms with Crippen LogP contribution in [0.15, 0.2) is 6.07 Å². The fourth-order valence-corrected chi connectivity index (χ4v) is 1.27. The predicted molar refractivity (Wildman–Crippen MR) is 67.7 cm³/mol. The third kappa shape index (κ3) is 4.44. The van der Waals surface area contributed by atoms with Crippen LogP contribution in [-0.4, -0.2) is 29.1 Å². The van der Waals surface area contributed by atoms with Gasteiger partial charge in [0.1, 0.15) is 17.5 Å². The van der Waals surface area contributed by atoms with Crippen LogP contribution >= 0.6 is 0 Å². The zero-order valence-corrected chi connectivity index (χ0v) is 10.2. The van der Waals surface area contributed by atoms with Crippen LogP contribution in [0.4, 0.5) is 11.6 Å². The van der Waals surface area contributed by atoms with Crippen molar-refractivity contribution in [2.24, 2.45) is 5.73 Å². The number of rotatable bonds is 6. The standard InChI is InChI=1S/C11H21N5/c1-4-5-13-10-6-11(14-7-8(2)12)16-9(3)15-10/h6,8H,4-5,7,12H2,1-3H3,(H2,13,14,15,16). The van der Waals surface area contributed by atoms with Gasteiger partial charge in [-0.15, -0.1) is 0 Å². The van der Waals surface area contributed by atoms with Crippen LogP contribution in [0.25, 0.3) is 0 Å². The first-order valence-electron chi connectivity index (χ1n) is 5.70. The monoisotopic (exact) mass is 223 g/mol. The molecule has 1 atom stereocenters. The van der Waals surface area contributed by atoms with Crippen LogP contribution in [0.5, 0.6) is 0 Å². The summed E-state index contributed by atoms with van der Waals surface area (Å²) in [4.78, 5) is 8.60. The van der Waals surface area contributed by atoms with Crippen molar-refractivity contribution in [3.63, 3.8) is 0 Å². The number of nitrogens with one attached hydrogen (secondary N) is 2. The number of nitrogens with two attached hydrogens (primary N) is 1. The molecule has 0 aromatic carbocycles. The lowest BCUT2D eigenvalue weighted by Crippen LogP contribution is -2.25. The van der Waals surface area contributed by atoms with Crippen molar-refractivity contribution in [1.82, 2.24) is 9.97 Å². The number of aryl methyl sites for hydroxylation is 1. The summed E-state index contributed by atoms with van der Waals surface area (Å²) in [6.07, 6.45) is 1.08. The van der Waals surface area contributed by atoms with E-state index < -0.39 is 0 Å². The van der Waals surface area contributed by atoms with E-state index in [4.69, 9.17) is 5.73 Å². The van der Waals surface area contributed by atoms with E-state index in [1.165, 1.54) is 0 Å². The van der Waals surface area contributed by atoms with Gasteiger partial charge in [0.15, 0.2) is 0 Å². The zero-order chi connectivity index (χ0) is 12.0. The van der Waals surface area contributed by atoms with Gasteiger partial charge in [0.05, 0.1) is 0 Å². The minimum absolute atomic E-state index is 0.113. The molecule has 1 heterocycles. The second-order valence-electron chi connectivity index (χ2n) is 3.97. The Morgan fingerprint density at radius 3 is 2.50 bits per heavy atom. The molecule has 0 bridgehead atoms. The molecule has 0 aliphatic heterocycles. The Bertz CT molecular complexity index is 324. The van der Waals surface area contributed by atoms with Gasteiger partial charge in [0.2, 0.25) is 0 Å². The maximum Gasteiger partial charge on any atom is 0.131 e. The summed E-state index contributed by atoms with van der Waals surface area (Å²) in [5.74, 6) is 2.44. The minimum atomic E-state index is 0.113. The number of aromatic nitrogens is 2. The summed E-state index contributed by atoms with van der Waals surface area (Å²) in [5, 5.41) is 6.43. The lowest BCUT2D eigenvalue weighted by atomic mass is 10.3. The normalized spacial score (nSPS) is 12.2. The van der Waals surface area contributed by atoms with E-state index in [2.05, 4.69) is 27.5 Å². The highest BCUT2D eigenvalue weighted by atomic mass is 15.1. The van der Waals surface area contributed by atoms with Crippen molar-refractivity contribution in [1.29, 1.82) is 0 Å². The van der Waals surface area contributed by atoms with Gasteiger partial charge in [-0.3, -0.25) is 0 Å². The first-order chi connectivity index (χ1) is 7.61. The summed E-state index contributed by atoms with van der Waals surface area (Å²) < 4.78 is 0. The molecule has 0 radical (unpaired) electrons. The van der Waals surface area contributed by atoms with Crippen molar-refractivity contribution in [3.8, 4) is 0 Å². The number of nitrogens with zero attached hydrogens (tertiary/aromatic N) is 2. The molecule has 1 aromatic rings. The molecule has 16 heavy (non-hydrogen) atoms. The molecule has 1 unspecified atom stereocenters. The first kappa shape index (κ1) is 12.7. The van der Waals surface area contributed by atoms with Crippen molar-refractivity contribution in [2.75, 3.05) is 23.7 Å². The molecule has 0 saturated heterocycles. The molecule has 4 N–H and O–H groups in total. The van der Waals surface area contributed by atoms with Gasteiger partial charge in [0, 0.05) is 25.2 Å². The summed E-state index contributed by atoms with van der Waals surface area (Å²) in [7, 11) is 0. The minimum Gasteiger partial charge on any atom is -0.370 e. The highest BCUT2D eigenvalue weighted by Crippen LogP contribution is 2.10. The molecule has 0 fully saturated rings. The second-order valence-corrected chi connectivity index (χ2v) is 3.97. The largest absolute Gasteiger partial charge is 0.370 e. The van der Waals surface area contributed by atoms with Gasteiger partial charge in [-0.05, 0) is 20.3 Å². The molecule has 0 spiro atoms. The van der Waals surface area contributed by atoms with Gasteiger partial charge < -0.3 is 16.4 Å². The van der Waals surface area contributed by atoms with E-state index in [0.717, 1.165) is 30.4 Å². The lowest BCUT2D eigenvalue weighted by Gasteiger charge is -2.11. The lowest BCUT2D eigenvalue weighted by molar-refractivity contribution is 0.776. The Morgan fingerprint density at radius 2 is 1.94 bits per heavy atom. The van der Waals surface area contributed by atoms with E-state index in [1.54, 1.807) is 0 Å². The van der Waals surface area contributed by atoms with E-state index in [0.29, 0.717) is 6.54 Å². The highest BCUT2D eigenvalue weighted by molar-refractivity contribution is 5.47. The molecule has 90 valence electrons. The van der Waals surface area contributed by atoms with Crippen molar-refractivity contribution < 1.29 is 0 Å². The molecule has 0 aliphatic carbocycles. The van der Waals surface area contributed by atoms with E-state index >= 15 is 0 Å². The maximum absolute atomic E-state index is 5.68. The summed E-state index contributed by atoms with van der Waals surface area (Å²) in [6.45, 7) is 7.59. The Kier molecular flexibility index (Phi) is 4.98. The molecule has 0 saturated carbocycles. The SMILES string of the molecule is CCCNc1cc(NCC(C)N)nc(C)n1. The number of anilines is 2. The fraction of sp³-hybridized carbons (Fsp3) is 0.636. The smallest absolute Gasteiger partial charge is 0.131 e. The molecular weight excluding hydrogens is 202 g/mol. The Labute approximate surface area is 96.9 Å². The molecule has 5 nitrogen and oxygen atoms in total. The maximum atomic E-state index is 5.68. The molecular formula is C11H21N5. The molecule has 1 aromatic heterocycles. The zero-order valence-electron chi connectivity index (χ0n) is 10.2. The summed E-state index contributed by atoms with van der Waals surface area (Å²) in [6, 6.07) is 2.02. The third-order valence-corrected chi connectivity index (χ3v) is 2.00. The highest BCUT2D eigenvalue weighted by Gasteiger charge is 2.01. The summed E-state index contributed by atoms with van der Waals surface area (Å²) in [5.41, 5.74) is 5.68. The van der Waals surface area contributed by atoms with E-state index in [1.807, 2.05) is 19.9 Å². The average Bonchev–Trinajstić information content (AvgIpc) is 2.23. The topological polar surface area (TPSA) is 75.9 Å². The van der Waals surface area contributed by atoms with Crippen LogP contribution in [0, 0.1) is 6.92 Å². The Morgan fingerprint density at radius 1 is 1.31 bits per heavy atom. The molecule has 0 aliphatic rings. The number of hydrogen-bond acceptors (Lipinski definition) is 5. The first-order valence-corrected chi connectivity index (χ1v) is 5.70. The third-order valence-electron chi connectivity index (χ3n) is 2.00. The van der Waals surface area contributed by atoms with Crippen LogP contribution in [0.2, 0.25) is 0 Å². The van der Waals surface area contributed by atoms with Gasteiger partial charge in [-0.25, -0.2) is 9.97 Å². The quantitative estimate of drug-likeness (QED) is 0.679. The average molecular weight is 223 g/mol. The van der Waals surface area contributed by atoms with Crippen LogP contribution in [0.3, 0.4) is 0 Å². The Balaban J connectivity index is 2.65. The molecule has 1 rings (SSSR count). The second kappa shape index (κ2) is 6.27. The molecule has 5 heteroatoms. The van der Waals surface area contributed by atoms with Crippen LogP contribution in [-0.2, 0) is 0 Å². The van der Waals surface area contributed by atoms with Crippen LogP contribution < -0.4 is 16.4 Å². The van der Waals surface area contributed by atoms with Gasteiger partial charge in [-0.1, -0.05) is 6.92 Å². The molecule has 0 amide bonds. The Hall–Kier alpha value is -1.36. The number of hydrogen-bond donors (Lipinski definition) is 3. The summed E-state index contributed by atoms with van der Waals surface area (Å²) >= 11 is 0. The van der Waals surface area contributed by atoms with Crippen molar-refractivity contribution in [3.05, 3.63) is 11.9 Å². The van der Waals surface area contributed by atoms with Crippen molar-refractivity contribution >= 4 is 11.6 Å². The predicted octanol–water partition coefficient (Wildman–Crippen LogP) is 1.37.